The van der Waals surface area contributed by atoms with Gasteiger partial charge in [-0.3, -0.25) is 24.2 Å². The van der Waals surface area contributed by atoms with Crippen molar-refractivity contribution in [1.29, 1.82) is 0 Å². The van der Waals surface area contributed by atoms with Crippen molar-refractivity contribution in [3.05, 3.63) is 74.8 Å². The molecular formula is C41H50ClN7O4S. The summed E-state index contributed by atoms with van der Waals surface area (Å²) in [7, 11) is 3.87. The molecule has 11 nitrogen and oxygen atoms in total. The van der Waals surface area contributed by atoms with Gasteiger partial charge >= 0.3 is 5.97 Å². The maximum atomic E-state index is 13.7. The fourth-order valence-electron chi connectivity index (χ4n) is 8.04. The van der Waals surface area contributed by atoms with E-state index in [9.17, 15) is 19.5 Å². The molecule has 1 saturated carbocycles. The van der Waals surface area contributed by atoms with Gasteiger partial charge in [-0.2, -0.15) is 0 Å². The molecule has 2 aliphatic heterocycles. The molecule has 0 unspecified atom stereocenters. The van der Waals surface area contributed by atoms with Crippen molar-refractivity contribution < 1.29 is 19.5 Å². The number of aliphatic carboxylic acids is 1. The molecule has 54 heavy (non-hydrogen) atoms. The topological polar surface area (TPSA) is 124 Å². The summed E-state index contributed by atoms with van der Waals surface area (Å²) in [4.78, 5) is 55.2. The first-order valence-electron chi connectivity index (χ1n) is 19.0. The first-order chi connectivity index (χ1) is 25.9. The van der Waals surface area contributed by atoms with E-state index in [1.54, 1.807) is 11.3 Å². The second kappa shape index (κ2) is 15.9. The molecule has 1 aliphatic carbocycles. The van der Waals surface area contributed by atoms with E-state index in [0.717, 1.165) is 101 Å². The summed E-state index contributed by atoms with van der Waals surface area (Å²) in [5.74, 6) is -0.107. The van der Waals surface area contributed by atoms with Crippen molar-refractivity contribution in [3.8, 4) is 21.7 Å². The number of benzene rings is 2. The number of nitrogens with zero attached hydrogens (tertiary/aromatic N) is 6. The third-order valence-electron chi connectivity index (χ3n) is 11.8. The number of imidazole rings is 1. The lowest BCUT2D eigenvalue weighted by Gasteiger charge is -2.30. The van der Waals surface area contributed by atoms with Gasteiger partial charge in [-0.1, -0.05) is 41.9 Å². The molecule has 2 aromatic heterocycles. The first-order valence-corrected chi connectivity index (χ1v) is 20.2. The molecule has 7 rings (SSSR count). The predicted molar refractivity (Wildman–Crippen MR) is 213 cm³/mol. The Morgan fingerprint density at radius 2 is 1.72 bits per heavy atom. The zero-order valence-electron chi connectivity index (χ0n) is 31.8. The lowest BCUT2D eigenvalue weighted by Crippen LogP contribution is -2.38. The summed E-state index contributed by atoms with van der Waals surface area (Å²) in [5, 5.41) is 13.7. The average molecular weight is 772 g/mol. The third kappa shape index (κ3) is 7.84. The van der Waals surface area contributed by atoms with Crippen LogP contribution in [-0.4, -0.2) is 84.8 Å². The Balaban J connectivity index is 1.01. The number of halogens is 1. The molecule has 1 fully saturated rings. The number of nitrogens with one attached hydrogen (secondary N) is 1. The van der Waals surface area contributed by atoms with Gasteiger partial charge in [0.25, 0.3) is 5.91 Å². The molecular weight excluding hydrogens is 722 g/mol. The van der Waals surface area contributed by atoms with Crippen molar-refractivity contribution in [2.45, 2.75) is 85.0 Å². The summed E-state index contributed by atoms with van der Waals surface area (Å²) in [6, 6.07) is 12.1. The number of hydrogen-bond donors (Lipinski definition) is 2. The van der Waals surface area contributed by atoms with Crippen LogP contribution in [0.5, 0.6) is 0 Å². The van der Waals surface area contributed by atoms with Gasteiger partial charge in [-0.05, 0) is 89.6 Å². The van der Waals surface area contributed by atoms with Gasteiger partial charge in [0.2, 0.25) is 5.91 Å². The highest BCUT2D eigenvalue weighted by Gasteiger charge is 2.31. The van der Waals surface area contributed by atoms with Crippen LogP contribution in [0.2, 0.25) is 5.02 Å². The van der Waals surface area contributed by atoms with Crippen LogP contribution in [-0.2, 0) is 42.7 Å². The highest BCUT2D eigenvalue weighted by molar-refractivity contribution is 7.15. The van der Waals surface area contributed by atoms with Crippen LogP contribution < -0.4 is 5.32 Å². The van der Waals surface area contributed by atoms with Gasteiger partial charge in [-0.15, -0.1) is 11.3 Å². The largest absolute Gasteiger partial charge is 0.481 e. The lowest BCUT2D eigenvalue weighted by atomic mass is 9.80. The van der Waals surface area contributed by atoms with Crippen LogP contribution in [0.1, 0.15) is 84.1 Å². The Morgan fingerprint density at radius 1 is 1.00 bits per heavy atom. The molecule has 3 aliphatic rings. The first kappa shape index (κ1) is 38.2. The molecule has 0 bridgehead atoms. The fourth-order valence-corrected chi connectivity index (χ4v) is 9.48. The van der Waals surface area contributed by atoms with Crippen molar-refractivity contribution in [2.24, 2.45) is 18.9 Å². The number of carboxylic acids is 1. The van der Waals surface area contributed by atoms with Crippen LogP contribution in [0.25, 0.3) is 21.7 Å². The van der Waals surface area contributed by atoms with Crippen LogP contribution in [0.4, 0.5) is 5.69 Å². The minimum absolute atomic E-state index is 0.118. The number of anilines is 1. The zero-order chi connectivity index (χ0) is 38.3. The van der Waals surface area contributed by atoms with Crippen LogP contribution in [0.15, 0.2) is 36.4 Å². The Hall–Kier alpha value is -4.10. The molecule has 2 N–H and O–H groups in total. The minimum Gasteiger partial charge on any atom is -0.481 e. The molecule has 0 saturated heterocycles. The van der Waals surface area contributed by atoms with Crippen molar-refractivity contribution >= 4 is 46.4 Å². The summed E-state index contributed by atoms with van der Waals surface area (Å²) in [6.07, 6.45) is 5.38. The molecule has 0 atom stereocenters. The second-order valence-electron chi connectivity index (χ2n) is 15.5. The molecule has 0 spiro atoms. The zero-order valence-corrected chi connectivity index (χ0v) is 33.4. The summed E-state index contributed by atoms with van der Waals surface area (Å²) in [5.41, 5.74) is 7.33. The predicted octanol–water partition coefficient (Wildman–Crippen LogP) is 7.25. The van der Waals surface area contributed by atoms with E-state index >= 15 is 0 Å². The van der Waals surface area contributed by atoms with Crippen molar-refractivity contribution in [1.82, 2.24) is 29.2 Å². The normalized spacial score (nSPS) is 18.6. The highest BCUT2D eigenvalue weighted by atomic mass is 35.5. The number of hydrogen-bond acceptors (Lipinski definition) is 8. The third-order valence-corrected chi connectivity index (χ3v) is 13.3. The Bertz CT molecular complexity index is 2040. The number of amides is 2. The van der Waals surface area contributed by atoms with Gasteiger partial charge in [0.05, 0.1) is 47.7 Å². The summed E-state index contributed by atoms with van der Waals surface area (Å²) in [6.45, 7) is 10.3. The number of fused-ring (bicyclic) bond motifs is 2. The van der Waals surface area contributed by atoms with E-state index in [4.69, 9.17) is 21.6 Å². The average Bonchev–Trinajstić information content (AvgIpc) is 3.84. The fraction of sp³-hybridized carbons (Fsp3) is 0.488. The monoisotopic (exact) mass is 771 g/mol. The lowest BCUT2D eigenvalue weighted by molar-refractivity contribution is -0.143. The second-order valence-corrected chi connectivity index (χ2v) is 17.0. The summed E-state index contributed by atoms with van der Waals surface area (Å²) >= 11 is 8.69. The van der Waals surface area contributed by atoms with Crippen molar-refractivity contribution in [3.63, 3.8) is 0 Å². The standard InChI is InChI=1S/C41H50ClN7O4S/c1-24(2)46(4)23-36(50)49-21-33-35(22-49)54-40(45-33)29-9-6-8-28(25(29)3)30-10-7-11-31(37(30)42)44-39(51)38-43-32-20-48(19-17-34(32)47(38)5)18-16-26-12-14-27(15-13-26)41(52)53/h6-11,24,26-27H,12-23H2,1-5H3,(H,44,51)(H,52,53). The van der Waals surface area contributed by atoms with Gasteiger partial charge in [0.15, 0.2) is 5.82 Å². The van der Waals surface area contributed by atoms with E-state index in [2.05, 4.69) is 42.0 Å². The number of thiazole rings is 1. The van der Waals surface area contributed by atoms with E-state index in [-0.39, 0.29) is 17.7 Å². The number of carbonyl (C=O) groups excluding carboxylic acids is 2. The van der Waals surface area contributed by atoms with Gasteiger partial charge in [-0.25, -0.2) is 9.97 Å². The number of carbonyl (C=O) groups is 3. The Labute approximate surface area is 326 Å². The number of rotatable bonds is 11. The molecule has 4 aromatic rings. The Morgan fingerprint density at radius 3 is 2.44 bits per heavy atom. The van der Waals surface area contributed by atoms with Gasteiger partial charge in [0.1, 0.15) is 5.01 Å². The number of aromatic nitrogens is 3. The van der Waals surface area contributed by atoms with Crippen molar-refractivity contribution in [2.75, 3.05) is 32.0 Å². The van der Waals surface area contributed by atoms with Gasteiger partial charge in [0, 0.05) is 54.3 Å². The van der Waals surface area contributed by atoms with Crippen LogP contribution in [0.3, 0.4) is 0 Å². The van der Waals surface area contributed by atoms with Gasteiger partial charge < -0.3 is 19.9 Å². The molecule has 2 amide bonds. The minimum atomic E-state index is -0.660. The highest BCUT2D eigenvalue weighted by Crippen LogP contribution is 2.41. The molecule has 4 heterocycles. The maximum Gasteiger partial charge on any atom is 0.306 e. The smallest absolute Gasteiger partial charge is 0.306 e. The molecule has 286 valence electrons. The van der Waals surface area contributed by atoms with E-state index in [1.165, 1.54) is 0 Å². The van der Waals surface area contributed by atoms with E-state index < -0.39 is 5.97 Å². The summed E-state index contributed by atoms with van der Waals surface area (Å²) < 4.78 is 1.91. The number of carboxylic acid groups (broad SMARTS) is 1. The van der Waals surface area contributed by atoms with E-state index in [0.29, 0.717) is 54.7 Å². The molecule has 13 heteroatoms. The quantitative estimate of drug-likeness (QED) is 0.164. The maximum absolute atomic E-state index is 13.7. The Kier molecular flexibility index (Phi) is 11.3. The molecule has 2 aromatic carbocycles. The van der Waals surface area contributed by atoms with Crippen LogP contribution in [0, 0.1) is 18.8 Å². The number of likely N-dealkylation sites (N-methyl/N-ethyl adjacent to an activating group) is 1. The SMILES string of the molecule is Cc1c(-c2nc3c(s2)CN(C(=O)CN(C)C(C)C)C3)cccc1-c1cccc(NC(=O)c2nc3c(n2C)CCN(CCC2CCC(C(=O)O)CC2)C3)c1Cl. The van der Waals surface area contributed by atoms with Crippen LogP contribution >= 0.6 is 22.9 Å². The molecule has 0 radical (unpaired) electrons. The van der Waals surface area contributed by atoms with E-state index in [1.807, 2.05) is 53.9 Å².